The number of nitrogens with one attached hydrogen (secondary N) is 2. The Hall–Kier alpha value is -3.77. The molecule has 1 atom stereocenters. The van der Waals surface area contributed by atoms with Crippen molar-refractivity contribution >= 4 is 62.6 Å². The van der Waals surface area contributed by atoms with Crippen LogP contribution in [0.3, 0.4) is 0 Å². The van der Waals surface area contributed by atoms with Crippen LogP contribution in [0, 0.1) is 0 Å². The standard InChI is InChI=1S/C21H16N4O6S2/c26-17(11-25-14-6-1-2-7-15(14)33-21(25)30)24-22-10-12-4-3-5-13(8-12)31-18(27)9-16-19(28)23-20(29)32-16/h1-8,10,16H,9,11H2,(H,24,26)(H,23,28,29)/b22-10-/t16-/m0/s1. The van der Waals surface area contributed by atoms with E-state index in [9.17, 15) is 24.0 Å². The van der Waals surface area contributed by atoms with Gasteiger partial charge in [-0.1, -0.05) is 47.4 Å². The summed E-state index contributed by atoms with van der Waals surface area (Å²) >= 11 is 1.81. The lowest BCUT2D eigenvalue weighted by atomic mass is 10.2. The van der Waals surface area contributed by atoms with Crippen molar-refractivity contribution in [2.24, 2.45) is 5.10 Å². The fourth-order valence-corrected chi connectivity index (χ4v) is 4.73. The van der Waals surface area contributed by atoms with Crippen molar-refractivity contribution in [3.8, 4) is 5.75 Å². The molecule has 1 saturated heterocycles. The van der Waals surface area contributed by atoms with E-state index >= 15 is 0 Å². The number of imide groups is 1. The second-order valence-corrected chi connectivity index (χ2v) is 9.02. The third-order valence-corrected chi connectivity index (χ3v) is 6.43. The highest BCUT2D eigenvalue weighted by Gasteiger charge is 2.33. The van der Waals surface area contributed by atoms with Crippen LogP contribution in [0.1, 0.15) is 12.0 Å². The lowest BCUT2D eigenvalue weighted by Gasteiger charge is -2.07. The van der Waals surface area contributed by atoms with Crippen LogP contribution < -0.4 is 20.4 Å². The summed E-state index contributed by atoms with van der Waals surface area (Å²) in [6, 6.07) is 13.6. The number of hydrazone groups is 1. The summed E-state index contributed by atoms with van der Waals surface area (Å²) in [5.74, 6) is -1.42. The van der Waals surface area contributed by atoms with E-state index in [0.717, 1.165) is 27.8 Å². The van der Waals surface area contributed by atoms with Crippen LogP contribution in [0.5, 0.6) is 5.75 Å². The van der Waals surface area contributed by atoms with Gasteiger partial charge in [-0.3, -0.25) is 33.9 Å². The van der Waals surface area contributed by atoms with Gasteiger partial charge in [0.1, 0.15) is 17.5 Å². The van der Waals surface area contributed by atoms with Crippen molar-refractivity contribution in [2.75, 3.05) is 0 Å². The van der Waals surface area contributed by atoms with Gasteiger partial charge in [0.05, 0.1) is 22.9 Å². The minimum absolute atomic E-state index is 0.174. The number of fused-ring (bicyclic) bond motifs is 1. The fourth-order valence-electron chi connectivity index (χ4n) is 3.03. The zero-order valence-corrected chi connectivity index (χ0v) is 18.5. The molecule has 33 heavy (non-hydrogen) atoms. The van der Waals surface area contributed by atoms with Crippen LogP contribution in [0.15, 0.2) is 58.4 Å². The van der Waals surface area contributed by atoms with E-state index in [2.05, 4.69) is 15.8 Å². The zero-order valence-electron chi connectivity index (χ0n) is 16.8. The van der Waals surface area contributed by atoms with Gasteiger partial charge in [0, 0.05) is 0 Å². The second-order valence-electron chi connectivity index (χ2n) is 6.85. The Kier molecular flexibility index (Phi) is 6.66. The molecule has 2 aromatic carbocycles. The first-order valence-corrected chi connectivity index (χ1v) is 11.3. The van der Waals surface area contributed by atoms with Crippen LogP contribution in [-0.4, -0.2) is 39.1 Å². The topological polar surface area (TPSA) is 136 Å². The van der Waals surface area contributed by atoms with Crippen molar-refractivity contribution in [3.63, 3.8) is 0 Å². The molecule has 0 radical (unpaired) electrons. The van der Waals surface area contributed by atoms with E-state index in [1.54, 1.807) is 30.3 Å². The molecule has 0 bridgehead atoms. The van der Waals surface area contributed by atoms with Crippen molar-refractivity contribution in [1.82, 2.24) is 15.3 Å². The highest BCUT2D eigenvalue weighted by molar-refractivity contribution is 8.15. The number of hydrogen-bond acceptors (Lipinski definition) is 9. The molecule has 168 valence electrons. The molecular weight excluding hydrogens is 468 g/mol. The summed E-state index contributed by atoms with van der Waals surface area (Å²) in [6.45, 7) is -0.174. The first-order valence-electron chi connectivity index (χ1n) is 9.61. The fraction of sp³-hybridized carbons (Fsp3) is 0.143. The van der Waals surface area contributed by atoms with Crippen molar-refractivity contribution < 1.29 is 23.9 Å². The van der Waals surface area contributed by atoms with Crippen LogP contribution in [0.2, 0.25) is 0 Å². The molecule has 2 heterocycles. The third kappa shape index (κ3) is 5.54. The molecule has 1 aliphatic rings. The maximum atomic E-state index is 12.2. The van der Waals surface area contributed by atoms with E-state index in [1.165, 1.54) is 16.8 Å². The van der Waals surface area contributed by atoms with Crippen LogP contribution >= 0.6 is 23.1 Å². The average molecular weight is 485 g/mol. The summed E-state index contributed by atoms with van der Waals surface area (Å²) in [4.78, 5) is 58.9. The number of ether oxygens (including phenoxy) is 1. The maximum absolute atomic E-state index is 12.2. The molecule has 3 amide bonds. The van der Waals surface area contributed by atoms with Gasteiger partial charge in [-0.2, -0.15) is 5.10 Å². The smallest absolute Gasteiger partial charge is 0.312 e. The average Bonchev–Trinajstić information content (AvgIpc) is 3.25. The number of thiazole rings is 1. The Bertz CT molecular complexity index is 1350. The summed E-state index contributed by atoms with van der Waals surface area (Å²) in [5, 5.41) is 4.69. The molecular formula is C21H16N4O6S2. The number of para-hydroxylation sites is 1. The monoisotopic (exact) mass is 484 g/mol. The summed E-state index contributed by atoms with van der Waals surface area (Å²) in [5.41, 5.74) is 3.59. The van der Waals surface area contributed by atoms with Gasteiger partial charge in [-0.15, -0.1) is 0 Å². The van der Waals surface area contributed by atoms with Crippen LogP contribution in [0.4, 0.5) is 4.79 Å². The van der Waals surface area contributed by atoms with Crippen molar-refractivity contribution in [1.29, 1.82) is 0 Å². The Labute approximate surface area is 194 Å². The number of carbonyl (C=O) groups excluding carboxylic acids is 4. The Balaban J connectivity index is 1.32. The molecule has 3 aromatic rings. The zero-order chi connectivity index (χ0) is 23.4. The lowest BCUT2D eigenvalue weighted by Crippen LogP contribution is -2.27. The van der Waals surface area contributed by atoms with Gasteiger partial charge < -0.3 is 4.74 Å². The van der Waals surface area contributed by atoms with Gasteiger partial charge in [0.25, 0.3) is 11.1 Å². The minimum Gasteiger partial charge on any atom is -0.426 e. The van der Waals surface area contributed by atoms with E-state index in [-0.39, 0.29) is 23.6 Å². The first-order chi connectivity index (χ1) is 15.9. The molecule has 10 nitrogen and oxygen atoms in total. The van der Waals surface area contributed by atoms with Crippen molar-refractivity contribution in [3.05, 3.63) is 63.8 Å². The van der Waals surface area contributed by atoms with E-state index < -0.39 is 28.3 Å². The first kappa shape index (κ1) is 22.4. The number of esters is 1. The van der Waals surface area contributed by atoms with Crippen molar-refractivity contribution in [2.45, 2.75) is 18.2 Å². The number of carbonyl (C=O) groups is 4. The van der Waals surface area contributed by atoms with E-state index in [1.807, 2.05) is 12.1 Å². The minimum atomic E-state index is -0.808. The molecule has 0 unspecified atom stereocenters. The van der Waals surface area contributed by atoms with Gasteiger partial charge in [0.2, 0.25) is 5.91 Å². The predicted octanol–water partition coefficient (Wildman–Crippen LogP) is 1.86. The van der Waals surface area contributed by atoms with Crippen LogP contribution in [0.25, 0.3) is 10.2 Å². The highest BCUT2D eigenvalue weighted by Crippen LogP contribution is 2.23. The third-order valence-electron chi connectivity index (χ3n) is 4.49. The molecule has 4 rings (SSSR count). The van der Waals surface area contributed by atoms with Crippen LogP contribution in [-0.2, 0) is 20.9 Å². The number of aromatic nitrogens is 1. The molecule has 1 aliphatic heterocycles. The molecule has 2 N–H and O–H groups in total. The van der Waals surface area contributed by atoms with E-state index in [0.29, 0.717) is 11.1 Å². The van der Waals surface area contributed by atoms with Gasteiger partial charge in [0.15, 0.2) is 0 Å². The number of thioether (sulfide) groups is 1. The Morgan fingerprint density at radius 3 is 2.76 bits per heavy atom. The number of nitrogens with zero attached hydrogens (tertiary/aromatic N) is 2. The number of benzene rings is 2. The maximum Gasteiger partial charge on any atom is 0.312 e. The lowest BCUT2D eigenvalue weighted by molar-refractivity contribution is -0.135. The quantitative estimate of drug-likeness (QED) is 0.226. The van der Waals surface area contributed by atoms with Gasteiger partial charge >= 0.3 is 10.8 Å². The normalized spacial score (nSPS) is 15.7. The molecule has 0 saturated carbocycles. The molecule has 0 spiro atoms. The Morgan fingerprint density at radius 2 is 1.97 bits per heavy atom. The molecule has 1 fully saturated rings. The van der Waals surface area contributed by atoms with E-state index in [4.69, 9.17) is 4.74 Å². The summed E-state index contributed by atoms with van der Waals surface area (Å²) in [7, 11) is 0. The van der Waals surface area contributed by atoms with Gasteiger partial charge in [-0.05, 0) is 29.8 Å². The predicted molar refractivity (Wildman–Crippen MR) is 123 cm³/mol. The largest absolute Gasteiger partial charge is 0.426 e. The molecule has 0 aliphatic carbocycles. The Morgan fingerprint density at radius 1 is 1.15 bits per heavy atom. The number of hydrogen-bond donors (Lipinski definition) is 2. The molecule has 1 aromatic heterocycles. The summed E-state index contributed by atoms with van der Waals surface area (Å²) < 4.78 is 7.39. The SMILES string of the molecule is O=C(Cn1c(=O)sc2ccccc21)N/N=C\c1cccc(OC(=O)C[C@@H]2SC(=O)NC2=O)c1. The highest BCUT2D eigenvalue weighted by atomic mass is 32.2. The molecule has 12 heteroatoms. The number of amides is 3. The number of rotatable bonds is 7. The second kappa shape index (κ2) is 9.79. The van der Waals surface area contributed by atoms with Gasteiger partial charge in [-0.25, -0.2) is 5.43 Å². The summed E-state index contributed by atoms with van der Waals surface area (Å²) in [6.07, 6.45) is 1.12.